The van der Waals surface area contributed by atoms with Gasteiger partial charge in [-0.1, -0.05) is 31.5 Å². The second kappa shape index (κ2) is 5.35. The third kappa shape index (κ3) is 2.99. The highest BCUT2D eigenvalue weighted by Crippen LogP contribution is 2.29. The molecule has 1 saturated carbocycles. The quantitative estimate of drug-likeness (QED) is 0.816. The number of hydrogen-bond donors (Lipinski definition) is 2. The van der Waals surface area contributed by atoms with E-state index in [0.717, 1.165) is 30.5 Å². The SMILES string of the molecule is CC1CCC(CNCc2ccccc2O)C1. The first kappa shape index (κ1) is 11.5. The molecule has 0 aromatic heterocycles. The van der Waals surface area contributed by atoms with Gasteiger partial charge in [0.25, 0.3) is 0 Å². The van der Waals surface area contributed by atoms with E-state index in [-0.39, 0.29) is 0 Å². The number of benzene rings is 1. The summed E-state index contributed by atoms with van der Waals surface area (Å²) < 4.78 is 0. The monoisotopic (exact) mass is 219 g/mol. The first-order valence-corrected chi connectivity index (χ1v) is 6.23. The molecule has 0 heterocycles. The van der Waals surface area contributed by atoms with Crippen molar-refractivity contribution in [2.75, 3.05) is 6.54 Å². The minimum atomic E-state index is 0.398. The van der Waals surface area contributed by atoms with Crippen molar-refractivity contribution in [3.63, 3.8) is 0 Å². The van der Waals surface area contributed by atoms with E-state index in [4.69, 9.17) is 0 Å². The Kier molecular flexibility index (Phi) is 3.83. The standard InChI is InChI=1S/C14H21NO/c1-11-6-7-12(8-11)9-15-10-13-4-2-3-5-14(13)16/h2-5,11-12,15-16H,6-10H2,1H3. The topological polar surface area (TPSA) is 32.3 Å². The zero-order valence-corrected chi connectivity index (χ0v) is 9.95. The minimum absolute atomic E-state index is 0.398. The number of rotatable bonds is 4. The smallest absolute Gasteiger partial charge is 0.120 e. The van der Waals surface area contributed by atoms with Gasteiger partial charge in [0, 0.05) is 12.1 Å². The normalized spacial score (nSPS) is 24.8. The largest absolute Gasteiger partial charge is 0.508 e. The van der Waals surface area contributed by atoms with Gasteiger partial charge in [0.15, 0.2) is 0 Å². The average Bonchev–Trinajstić information content (AvgIpc) is 2.67. The van der Waals surface area contributed by atoms with Gasteiger partial charge in [-0.3, -0.25) is 0 Å². The Morgan fingerprint density at radius 2 is 2.12 bits per heavy atom. The molecule has 1 aromatic rings. The van der Waals surface area contributed by atoms with Crippen LogP contribution in [0.1, 0.15) is 31.7 Å². The van der Waals surface area contributed by atoms with Crippen LogP contribution in [0.25, 0.3) is 0 Å². The van der Waals surface area contributed by atoms with Crippen LogP contribution in [0.4, 0.5) is 0 Å². The van der Waals surface area contributed by atoms with E-state index < -0.39 is 0 Å². The molecule has 2 N–H and O–H groups in total. The summed E-state index contributed by atoms with van der Waals surface area (Å²) in [6.45, 7) is 4.19. The Bertz CT molecular complexity index is 337. The van der Waals surface area contributed by atoms with Crippen LogP contribution in [0.15, 0.2) is 24.3 Å². The Balaban J connectivity index is 1.74. The molecule has 1 fully saturated rings. The van der Waals surface area contributed by atoms with Crippen LogP contribution < -0.4 is 5.32 Å². The molecule has 88 valence electrons. The third-order valence-corrected chi connectivity index (χ3v) is 3.54. The maximum Gasteiger partial charge on any atom is 0.120 e. The predicted octanol–water partition coefficient (Wildman–Crippen LogP) is 2.92. The molecule has 1 aliphatic carbocycles. The van der Waals surface area contributed by atoms with E-state index in [9.17, 15) is 5.11 Å². The fraction of sp³-hybridized carbons (Fsp3) is 0.571. The van der Waals surface area contributed by atoms with Gasteiger partial charge in [-0.2, -0.15) is 0 Å². The fourth-order valence-corrected chi connectivity index (χ4v) is 2.58. The molecule has 0 saturated heterocycles. The molecule has 2 nitrogen and oxygen atoms in total. The van der Waals surface area contributed by atoms with Crippen molar-refractivity contribution < 1.29 is 5.11 Å². The van der Waals surface area contributed by atoms with E-state index in [1.54, 1.807) is 6.07 Å². The Labute approximate surface area is 97.7 Å². The number of nitrogens with one attached hydrogen (secondary N) is 1. The predicted molar refractivity (Wildman–Crippen MR) is 66.3 cm³/mol. The van der Waals surface area contributed by atoms with Crippen LogP contribution in [-0.4, -0.2) is 11.7 Å². The summed E-state index contributed by atoms with van der Waals surface area (Å²) in [6, 6.07) is 7.54. The lowest BCUT2D eigenvalue weighted by Gasteiger charge is -2.11. The molecule has 2 atom stereocenters. The Morgan fingerprint density at radius 3 is 2.81 bits per heavy atom. The summed E-state index contributed by atoms with van der Waals surface area (Å²) in [5.74, 6) is 2.13. The van der Waals surface area contributed by atoms with Crippen molar-refractivity contribution in [3.05, 3.63) is 29.8 Å². The Morgan fingerprint density at radius 1 is 1.31 bits per heavy atom. The van der Waals surface area contributed by atoms with E-state index >= 15 is 0 Å². The van der Waals surface area contributed by atoms with Crippen LogP contribution in [0.5, 0.6) is 5.75 Å². The third-order valence-electron chi connectivity index (χ3n) is 3.54. The zero-order chi connectivity index (χ0) is 11.4. The number of hydrogen-bond acceptors (Lipinski definition) is 2. The molecule has 0 amide bonds. The van der Waals surface area contributed by atoms with Crippen molar-refractivity contribution in [2.45, 2.75) is 32.7 Å². The van der Waals surface area contributed by atoms with Crippen molar-refractivity contribution >= 4 is 0 Å². The molecule has 2 unspecified atom stereocenters. The van der Waals surface area contributed by atoms with Gasteiger partial charge in [-0.05, 0) is 37.3 Å². The van der Waals surface area contributed by atoms with E-state index in [1.807, 2.05) is 18.2 Å². The van der Waals surface area contributed by atoms with E-state index in [0.29, 0.717) is 5.75 Å². The second-order valence-corrected chi connectivity index (χ2v) is 5.04. The molecule has 0 bridgehead atoms. The first-order valence-electron chi connectivity index (χ1n) is 6.23. The van der Waals surface area contributed by atoms with Gasteiger partial charge in [-0.15, -0.1) is 0 Å². The van der Waals surface area contributed by atoms with Gasteiger partial charge in [0.2, 0.25) is 0 Å². The maximum absolute atomic E-state index is 9.60. The van der Waals surface area contributed by atoms with Crippen molar-refractivity contribution in [2.24, 2.45) is 11.8 Å². The van der Waals surface area contributed by atoms with Crippen molar-refractivity contribution in [1.29, 1.82) is 0 Å². The van der Waals surface area contributed by atoms with Crippen LogP contribution >= 0.6 is 0 Å². The molecule has 0 radical (unpaired) electrons. The maximum atomic E-state index is 9.60. The van der Waals surface area contributed by atoms with Crippen molar-refractivity contribution in [3.8, 4) is 5.75 Å². The molecule has 2 heteroatoms. The molecule has 1 aliphatic rings. The average molecular weight is 219 g/mol. The van der Waals surface area contributed by atoms with E-state index in [2.05, 4.69) is 12.2 Å². The summed E-state index contributed by atoms with van der Waals surface area (Å²) in [5, 5.41) is 13.0. The molecule has 16 heavy (non-hydrogen) atoms. The lowest BCUT2D eigenvalue weighted by Crippen LogP contribution is -2.20. The van der Waals surface area contributed by atoms with Gasteiger partial charge < -0.3 is 10.4 Å². The molecule has 0 spiro atoms. The summed E-state index contributed by atoms with van der Waals surface area (Å²) in [5.41, 5.74) is 0.994. The fourth-order valence-electron chi connectivity index (χ4n) is 2.58. The number of phenols is 1. The number of phenolic OH excluding ortho intramolecular Hbond substituents is 1. The Hall–Kier alpha value is -1.02. The molecule has 0 aliphatic heterocycles. The zero-order valence-electron chi connectivity index (χ0n) is 9.95. The van der Waals surface area contributed by atoms with Crippen LogP contribution in [0, 0.1) is 11.8 Å². The van der Waals surface area contributed by atoms with Crippen molar-refractivity contribution in [1.82, 2.24) is 5.32 Å². The van der Waals surface area contributed by atoms with E-state index in [1.165, 1.54) is 19.3 Å². The molecular formula is C14H21NO. The summed E-state index contributed by atoms with van der Waals surface area (Å²) in [7, 11) is 0. The highest BCUT2D eigenvalue weighted by molar-refractivity contribution is 5.31. The second-order valence-electron chi connectivity index (χ2n) is 5.04. The summed E-state index contributed by atoms with van der Waals surface area (Å²) in [4.78, 5) is 0. The molecule has 1 aromatic carbocycles. The van der Waals surface area contributed by atoms with Crippen LogP contribution in [0.3, 0.4) is 0 Å². The number of para-hydroxylation sites is 1. The molecular weight excluding hydrogens is 198 g/mol. The van der Waals surface area contributed by atoms with Gasteiger partial charge in [-0.25, -0.2) is 0 Å². The van der Waals surface area contributed by atoms with Gasteiger partial charge in [0.1, 0.15) is 5.75 Å². The minimum Gasteiger partial charge on any atom is -0.508 e. The molecule has 2 rings (SSSR count). The highest BCUT2D eigenvalue weighted by Gasteiger charge is 2.20. The number of aromatic hydroxyl groups is 1. The lowest BCUT2D eigenvalue weighted by atomic mass is 10.1. The van der Waals surface area contributed by atoms with Crippen LogP contribution in [-0.2, 0) is 6.54 Å². The van der Waals surface area contributed by atoms with Gasteiger partial charge in [0.05, 0.1) is 0 Å². The first-order chi connectivity index (χ1) is 7.75. The highest BCUT2D eigenvalue weighted by atomic mass is 16.3. The van der Waals surface area contributed by atoms with Gasteiger partial charge >= 0.3 is 0 Å². The summed E-state index contributed by atoms with van der Waals surface area (Å²) in [6.07, 6.45) is 4.09. The van der Waals surface area contributed by atoms with Crippen LogP contribution in [0.2, 0.25) is 0 Å². The lowest BCUT2D eigenvalue weighted by molar-refractivity contribution is 0.448. The summed E-state index contributed by atoms with van der Waals surface area (Å²) >= 11 is 0.